The molecular weight excluding hydrogens is 930 g/mol. The number of allylic oxidation sites excluding steroid dienone is 12. The van der Waals surface area contributed by atoms with Crippen molar-refractivity contribution in [1.29, 1.82) is 0 Å². The number of esters is 3. The third-order valence-electron chi connectivity index (χ3n) is 12.4. The summed E-state index contributed by atoms with van der Waals surface area (Å²) in [6, 6.07) is 0. The van der Waals surface area contributed by atoms with Crippen LogP contribution in [0.5, 0.6) is 0 Å². The Balaban J connectivity index is 5.16. The van der Waals surface area contributed by atoms with Gasteiger partial charge < -0.3 is 19.5 Å². The highest BCUT2D eigenvalue weighted by molar-refractivity contribution is 8.13. The number of halogens is 1. The van der Waals surface area contributed by atoms with Crippen molar-refractivity contribution in [3.63, 3.8) is 0 Å². The number of carbonyl (C=O) groups is 3. The van der Waals surface area contributed by atoms with Gasteiger partial charge in [0.1, 0.15) is 25.4 Å². The molecule has 0 amide bonds. The van der Waals surface area contributed by atoms with Crippen LogP contribution >= 0.6 is 10.7 Å². The molecule has 9 nitrogen and oxygen atoms in total. The van der Waals surface area contributed by atoms with Crippen LogP contribution in [-0.4, -0.2) is 64.0 Å². The van der Waals surface area contributed by atoms with Crippen molar-refractivity contribution in [3.05, 3.63) is 72.9 Å². The van der Waals surface area contributed by atoms with Crippen molar-refractivity contribution in [2.75, 3.05) is 32.1 Å². The van der Waals surface area contributed by atoms with E-state index in [2.05, 4.69) is 99.0 Å². The van der Waals surface area contributed by atoms with Crippen LogP contribution in [0.15, 0.2) is 72.9 Å². The van der Waals surface area contributed by atoms with Gasteiger partial charge in [-0.3, -0.25) is 14.4 Å². The van der Waals surface area contributed by atoms with Crippen molar-refractivity contribution in [2.24, 2.45) is 0 Å². The van der Waals surface area contributed by atoms with E-state index in [0.717, 1.165) is 135 Å². The van der Waals surface area contributed by atoms with E-state index in [1.165, 1.54) is 57.8 Å². The summed E-state index contributed by atoms with van der Waals surface area (Å²) in [6.45, 7) is 5.72. The van der Waals surface area contributed by atoms with Crippen LogP contribution in [-0.2, 0) is 37.6 Å². The van der Waals surface area contributed by atoms with Crippen LogP contribution in [0, 0.1) is 0 Å². The Morgan fingerprint density at radius 1 is 0.394 bits per heavy atom. The normalized spacial score (nSPS) is 12.6. The van der Waals surface area contributed by atoms with Gasteiger partial charge in [-0.05, 0) is 116 Å². The minimum absolute atomic E-state index is 0.126. The third-order valence-corrected chi connectivity index (χ3v) is 13.5. The highest BCUT2D eigenvalue weighted by Crippen LogP contribution is 2.16. The summed E-state index contributed by atoms with van der Waals surface area (Å²) in [6.07, 6.45) is 63.0. The van der Waals surface area contributed by atoms with Crippen molar-refractivity contribution in [1.82, 2.24) is 5.32 Å². The molecule has 0 spiro atoms. The topological polar surface area (TPSA) is 125 Å². The zero-order valence-corrected chi connectivity index (χ0v) is 47.0. The van der Waals surface area contributed by atoms with E-state index >= 15 is 0 Å². The van der Waals surface area contributed by atoms with Crippen LogP contribution in [0.25, 0.3) is 0 Å². The second-order valence-electron chi connectivity index (χ2n) is 19.4. The smallest absolute Gasteiger partial charge is 0.305 e. The molecule has 1 N–H and O–H groups in total. The van der Waals surface area contributed by atoms with Crippen LogP contribution < -0.4 is 5.32 Å². The Kier molecular flexibility index (Phi) is 49.8. The fraction of sp³-hybridized carbons (Fsp3) is 0.750. The molecule has 0 saturated heterocycles. The molecule has 0 aliphatic heterocycles. The van der Waals surface area contributed by atoms with E-state index in [1.54, 1.807) is 0 Å². The molecule has 0 bridgehead atoms. The molecule has 0 unspecified atom stereocenters. The van der Waals surface area contributed by atoms with Crippen molar-refractivity contribution in [3.8, 4) is 0 Å². The predicted octanol–water partition coefficient (Wildman–Crippen LogP) is 17.0. The van der Waals surface area contributed by atoms with Crippen molar-refractivity contribution < 1.29 is 37.0 Å². The molecule has 0 fully saturated rings. The molecule has 0 radical (unpaired) electrons. The average molecular weight is 1040 g/mol. The number of rotatable bonds is 52. The number of carbonyl (C=O) groups excluding carboxylic acids is 3. The SMILES string of the molecule is CCCCC/C=C\C/C=C\CCCCCCCC(=O)OCC(COC(=O)CCCCCCC/C=C\C/C=C\CCCCC)(COC(=O)CCCCCCC/C=C\C/C=C\CCCCC)NCCS(=O)(=O)Cl. The van der Waals surface area contributed by atoms with Crippen molar-refractivity contribution >= 4 is 37.6 Å². The fourth-order valence-corrected chi connectivity index (χ4v) is 8.41. The van der Waals surface area contributed by atoms with Gasteiger partial charge in [0.15, 0.2) is 0 Å². The monoisotopic (exact) mass is 1030 g/mol. The van der Waals surface area contributed by atoms with Gasteiger partial charge >= 0.3 is 17.9 Å². The largest absolute Gasteiger partial charge is 0.463 e. The van der Waals surface area contributed by atoms with Gasteiger partial charge in [-0.25, -0.2) is 8.42 Å². The average Bonchev–Trinajstić information content (AvgIpc) is 3.35. The van der Waals surface area contributed by atoms with Gasteiger partial charge in [0.25, 0.3) is 0 Å². The molecule has 0 rings (SSSR count). The Morgan fingerprint density at radius 2 is 0.648 bits per heavy atom. The fourth-order valence-electron chi connectivity index (χ4n) is 7.83. The molecule has 0 aromatic carbocycles. The predicted molar refractivity (Wildman–Crippen MR) is 301 cm³/mol. The maximum atomic E-state index is 13.1. The number of hydrogen-bond donors (Lipinski definition) is 1. The van der Waals surface area contributed by atoms with Crippen molar-refractivity contribution in [2.45, 2.75) is 257 Å². The lowest BCUT2D eigenvalue weighted by atomic mass is 10.0. The zero-order valence-electron chi connectivity index (χ0n) is 45.5. The number of nitrogens with one attached hydrogen (secondary N) is 1. The Morgan fingerprint density at radius 3 is 0.915 bits per heavy atom. The second-order valence-corrected chi connectivity index (χ2v) is 22.3. The standard InChI is InChI=1S/C60H104ClNO8S/c1-4-7-10-13-16-19-22-25-28-31-34-37-40-43-46-49-57(63)68-54-60(62-52-53-71(61,66)67,55-69-58(64)50-47-44-41-38-35-32-29-26-23-20-17-14-11-8-5-2)56-70-59(65)51-48-45-42-39-36-33-30-27-24-21-18-15-12-9-6-3/h16-21,25-30,62H,4-15,22-24,31-56H2,1-3H3/b19-16-,20-17-,21-18-,28-25-,29-26-,30-27-. The number of hydrogen-bond acceptors (Lipinski definition) is 9. The molecule has 0 aromatic heterocycles. The Bertz CT molecular complexity index is 1400. The highest BCUT2D eigenvalue weighted by Gasteiger charge is 2.36. The summed E-state index contributed by atoms with van der Waals surface area (Å²) in [4.78, 5) is 39.2. The lowest BCUT2D eigenvalue weighted by Gasteiger charge is -2.33. The van der Waals surface area contributed by atoms with E-state index < -0.39 is 38.3 Å². The first-order chi connectivity index (χ1) is 34.6. The number of ether oxygens (including phenoxy) is 3. The molecule has 0 aliphatic carbocycles. The molecule has 0 aliphatic rings. The molecule has 0 aromatic rings. The molecular formula is C60H104ClNO8S. The highest BCUT2D eigenvalue weighted by atomic mass is 35.7. The Hall–Kier alpha value is -2.95. The van der Waals surface area contributed by atoms with Crippen LogP contribution in [0.3, 0.4) is 0 Å². The first-order valence-corrected chi connectivity index (χ1v) is 31.1. The molecule has 0 heterocycles. The van der Waals surface area contributed by atoms with Gasteiger partial charge in [0, 0.05) is 36.5 Å². The minimum atomic E-state index is -3.87. The third kappa shape index (κ3) is 51.7. The van der Waals surface area contributed by atoms with Crippen LogP contribution in [0.4, 0.5) is 0 Å². The molecule has 0 saturated carbocycles. The van der Waals surface area contributed by atoms with Gasteiger partial charge in [-0.1, -0.05) is 190 Å². The van der Waals surface area contributed by atoms with Gasteiger partial charge in [-0.2, -0.15) is 0 Å². The van der Waals surface area contributed by atoms with Crippen LogP contribution in [0.1, 0.15) is 252 Å². The van der Waals surface area contributed by atoms with E-state index in [4.69, 9.17) is 24.9 Å². The summed E-state index contributed by atoms with van der Waals surface area (Å²) in [7, 11) is 1.69. The lowest BCUT2D eigenvalue weighted by Crippen LogP contribution is -2.58. The van der Waals surface area contributed by atoms with E-state index in [0.29, 0.717) is 19.3 Å². The maximum absolute atomic E-state index is 13.1. The first-order valence-electron chi connectivity index (χ1n) is 28.6. The molecule has 11 heteroatoms. The van der Waals surface area contributed by atoms with Gasteiger partial charge in [0.05, 0.1) is 5.75 Å². The molecule has 71 heavy (non-hydrogen) atoms. The summed E-state index contributed by atoms with van der Waals surface area (Å²) in [5.41, 5.74) is -1.36. The quantitative estimate of drug-likeness (QED) is 0.0208. The van der Waals surface area contributed by atoms with E-state index in [-0.39, 0.29) is 45.6 Å². The summed E-state index contributed by atoms with van der Waals surface area (Å²) in [5.74, 6) is -1.67. The summed E-state index contributed by atoms with van der Waals surface area (Å²) >= 11 is 0. The summed E-state index contributed by atoms with van der Waals surface area (Å²) < 4.78 is 41.1. The maximum Gasteiger partial charge on any atom is 0.305 e. The lowest BCUT2D eigenvalue weighted by molar-refractivity contribution is -0.157. The van der Waals surface area contributed by atoms with Gasteiger partial charge in [0.2, 0.25) is 9.05 Å². The van der Waals surface area contributed by atoms with E-state index in [9.17, 15) is 22.8 Å². The van der Waals surface area contributed by atoms with Gasteiger partial charge in [-0.15, -0.1) is 0 Å². The van der Waals surface area contributed by atoms with E-state index in [1.807, 2.05) is 0 Å². The molecule has 0 atom stereocenters. The Labute approximate surface area is 440 Å². The second kappa shape index (κ2) is 51.9. The number of unbranched alkanes of at least 4 members (excludes halogenated alkanes) is 24. The van der Waals surface area contributed by atoms with Crippen LogP contribution in [0.2, 0.25) is 0 Å². The molecule has 410 valence electrons. The first kappa shape index (κ1) is 68.0. The minimum Gasteiger partial charge on any atom is -0.463 e. The zero-order chi connectivity index (χ0) is 52.0. The summed E-state index contributed by atoms with van der Waals surface area (Å²) in [5, 5.41) is 3.10.